The highest BCUT2D eigenvalue weighted by Crippen LogP contribution is 2.17. The fraction of sp³-hybridized carbons (Fsp3) is 1.00. The molecule has 8 nitrogen and oxygen atoms in total. The van der Waals surface area contributed by atoms with Crippen molar-refractivity contribution in [1.82, 2.24) is 0 Å². The van der Waals surface area contributed by atoms with Crippen molar-refractivity contribution in [2.45, 2.75) is 13.8 Å². The first kappa shape index (κ1) is 14.7. The van der Waals surface area contributed by atoms with Crippen LogP contribution in [0.3, 0.4) is 0 Å². The van der Waals surface area contributed by atoms with Gasteiger partial charge in [0, 0.05) is 5.41 Å². The predicted octanol–water partition coefficient (Wildman–Crippen LogP) is -0.349. The summed E-state index contributed by atoms with van der Waals surface area (Å²) in [6.07, 6.45) is 0. The molecule has 0 bridgehead atoms. The van der Waals surface area contributed by atoms with Gasteiger partial charge in [-0.1, -0.05) is 13.8 Å². The van der Waals surface area contributed by atoms with Crippen molar-refractivity contribution in [2.75, 3.05) is 13.2 Å². The van der Waals surface area contributed by atoms with Crippen LogP contribution < -0.4 is 0 Å². The van der Waals surface area contributed by atoms with Gasteiger partial charge in [0.2, 0.25) is 0 Å². The van der Waals surface area contributed by atoms with Gasteiger partial charge in [0.05, 0.1) is 13.2 Å². The van der Waals surface area contributed by atoms with Crippen LogP contribution >= 0.6 is 0 Å². The van der Waals surface area contributed by atoms with Crippen molar-refractivity contribution in [3.05, 3.63) is 0 Å². The van der Waals surface area contributed by atoms with Gasteiger partial charge >= 0.3 is 20.8 Å². The van der Waals surface area contributed by atoms with E-state index in [4.69, 9.17) is 9.11 Å². The molecule has 0 aromatic heterocycles. The fourth-order valence-corrected chi connectivity index (χ4v) is 1.45. The molecule has 0 unspecified atom stereocenters. The van der Waals surface area contributed by atoms with E-state index in [9.17, 15) is 16.8 Å². The smallest absolute Gasteiger partial charge is 0.264 e. The lowest BCUT2D eigenvalue weighted by Crippen LogP contribution is -2.28. The maximum atomic E-state index is 10.2. The number of hydrogen-bond acceptors (Lipinski definition) is 6. The molecular weight excluding hydrogens is 252 g/mol. The molecule has 2 N–H and O–H groups in total. The summed E-state index contributed by atoms with van der Waals surface area (Å²) in [6.45, 7) is 1.87. The zero-order valence-electron chi connectivity index (χ0n) is 8.07. The fourth-order valence-electron chi connectivity index (χ4n) is 0.510. The van der Waals surface area contributed by atoms with Crippen LogP contribution in [0.15, 0.2) is 0 Å². The van der Waals surface area contributed by atoms with Crippen LogP contribution in [0.25, 0.3) is 0 Å². The highest BCUT2D eigenvalue weighted by atomic mass is 32.3. The summed E-state index contributed by atoms with van der Waals surface area (Å²) >= 11 is 0. The minimum Gasteiger partial charge on any atom is -0.264 e. The van der Waals surface area contributed by atoms with Crippen LogP contribution in [-0.2, 0) is 29.2 Å². The summed E-state index contributed by atoms with van der Waals surface area (Å²) in [7, 11) is -9.16. The third-order valence-electron chi connectivity index (χ3n) is 1.20. The topological polar surface area (TPSA) is 127 Å². The molecule has 0 aromatic rings. The van der Waals surface area contributed by atoms with E-state index in [-0.39, 0.29) is 0 Å². The van der Waals surface area contributed by atoms with Crippen LogP contribution in [0.1, 0.15) is 13.8 Å². The molecule has 0 saturated carbocycles. The monoisotopic (exact) mass is 264 g/mol. The number of rotatable bonds is 6. The van der Waals surface area contributed by atoms with E-state index in [1.165, 1.54) is 13.8 Å². The summed E-state index contributed by atoms with van der Waals surface area (Å²) in [5.74, 6) is 0. The second-order valence-corrected chi connectivity index (χ2v) is 5.73. The molecule has 0 radical (unpaired) electrons. The molecular formula is C5H12O8S2. The quantitative estimate of drug-likeness (QED) is 0.623. The normalized spacial score (nSPS) is 14.1. The zero-order valence-corrected chi connectivity index (χ0v) is 9.71. The molecule has 0 rings (SSSR count). The van der Waals surface area contributed by atoms with Crippen LogP contribution in [0.2, 0.25) is 0 Å². The maximum absolute atomic E-state index is 10.2. The zero-order chi connectivity index (χ0) is 12.3. The van der Waals surface area contributed by atoms with Gasteiger partial charge in [-0.2, -0.15) is 16.8 Å². The van der Waals surface area contributed by atoms with E-state index < -0.39 is 39.4 Å². The molecule has 0 atom stereocenters. The lowest BCUT2D eigenvalue weighted by Gasteiger charge is -2.21. The van der Waals surface area contributed by atoms with Gasteiger partial charge in [0.1, 0.15) is 0 Å². The van der Waals surface area contributed by atoms with E-state index in [1.807, 2.05) is 0 Å². The van der Waals surface area contributed by atoms with Crippen LogP contribution in [0, 0.1) is 5.41 Å². The Balaban J connectivity index is 4.21. The van der Waals surface area contributed by atoms with E-state index in [0.717, 1.165) is 0 Å². The lowest BCUT2D eigenvalue weighted by molar-refractivity contribution is 0.102. The second-order valence-electron chi connectivity index (χ2n) is 3.54. The van der Waals surface area contributed by atoms with Gasteiger partial charge in [-0.25, -0.2) is 8.37 Å². The van der Waals surface area contributed by atoms with Crippen molar-refractivity contribution >= 4 is 20.8 Å². The number of hydrogen-bond donors (Lipinski definition) is 2. The van der Waals surface area contributed by atoms with Gasteiger partial charge in [-0.05, 0) is 0 Å². The third kappa shape index (κ3) is 10.0. The van der Waals surface area contributed by atoms with Gasteiger partial charge in [0.25, 0.3) is 0 Å². The average molecular weight is 264 g/mol. The van der Waals surface area contributed by atoms with Gasteiger partial charge < -0.3 is 0 Å². The van der Waals surface area contributed by atoms with Gasteiger partial charge in [0.15, 0.2) is 0 Å². The molecule has 0 aliphatic heterocycles. The SMILES string of the molecule is CC(C)(COS(=O)(=O)O)COS(=O)(=O)O. The lowest BCUT2D eigenvalue weighted by atomic mass is 9.97. The second kappa shape index (κ2) is 4.72. The first-order chi connectivity index (χ1) is 6.41. The summed E-state index contributed by atoms with van der Waals surface area (Å²) in [5, 5.41) is 0. The van der Waals surface area contributed by atoms with E-state index in [1.54, 1.807) is 0 Å². The Labute approximate surface area is 88.1 Å². The average Bonchev–Trinajstić information content (AvgIpc) is 1.96. The molecule has 15 heavy (non-hydrogen) atoms. The Morgan fingerprint density at radius 3 is 1.40 bits per heavy atom. The van der Waals surface area contributed by atoms with Crippen LogP contribution in [-0.4, -0.2) is 39.2 Å². The maximum Gasteiger partial charge on any atom is 0.397 e. The molecule has 92 valence electrons. The van der Waals surface area contributed by atoms with Gasteiger partial charge in [-0.15, -0.1) is 0 Å². The molecule has 0 aromatic carbocycles. The molecule has 0 saturated heterocycles. The minimum absolute atomic E-state index is 0.485. The Bertz CT molecular complexity index is 353. The molecule has 0 spiro atoms. The van der Waals surface area contributed by atoms with E-state index >= 15 is 0 Å². The third-order valence-corrected chi connectivity index (χ3v) is 2.03. The van der Waals surface area contributed by atoms with Crippen LogP contribution in [0.5, 0.6) is 0 Å². The Morgan fingerprint density at radius 1 is 0.933 bits per heavy atom. The van der Waals surface area contributed by atoms with Crippen molar-refractivity contribution in [3.8, 4) is 0 Å². The van der Waals surface area contributed by atoms with Crippen molar-refractivity contribution in [2.24, 2.45) is 5.41 Å². The molecule has 0 heterocycles. The largest absolute Gasteiger partial charge is 0.397 e. The van der Waals surface area contributed by atoms with Gasteiger partial charge in [-0.3, -0.25) is 9.11 Å². The summed E-state index contributed by atoms with van der Waals surface area (Å²) in [4.78, 5) is 0. The first-order valence-corrected chi connectivity index (χ1v) is 6.38. The molecule has 0 aliphatic carbocycles. The van der Waals surface area contributed by atoms with E-state index in [2.05, 4.69) is 8.37 Å². The Morgan fingerprint density at radius 2 is 1.20 bits per heavy atom. The summed E-state index contributed by atoms with van der Waals surface area (Å²) in [5.41, 5.74) is -1.01. The molecule has 0 fully saturated rings. The highest BCUT2D eigenvalue weighted by molar-refractivity contribution is 7.81. The van der Waals surface area contributed by atoms with Crippen LogP contribution in [0.4, 0.5) is 0 Å². The Hall–Kier alpha value is -0.260. The standard InChI is InChI=1S/C5H12O8S2/c1-5(2,3-12-14(6,7)8)4-13-15(9,10)11/h3-4H2,1-2H3,(H,6,7,8)(H,9,10,11). The van der Waals surface area contributed by atoms with Crippen molar-refractivity contribution < 1.29 is 34.3 Å². The minimum atomic E-state index is -4.58. The first-order valence-electron chi connectivity index (χ1n) is 3.65. The Kier molecular flexibility index (Phi) is 4.64. The predicted molar refractivity (Wildman–Crippen MR) is 48.8 cm³/mol. The summed E-state index contributed by atoms with van der Waals surface area (Å²) in [6, 6.07) is 0. The molecule has 0 aliphatic rings. The van der Waals surface area contributed by atoms with Crippen molar-refractivity contribution in [3.63, 3.8) is 0 Å². The van der Waals surface area contributed by atoms with Crippen molar-refractivity contribution in [1.29, 1.82) is 0 Å². The summed E-state index contributed by atoms with van der Waals surface area (Å²) < 4.78 is 65.4. The molecule has 0 amide bonds. The molecule has 10 heteroatoms. The highest BCUT2D eigenvalue weighted by Gasteiger charge is 2.24. The van der Waals surface area contributed by atoms with E-state index in [0.29, 0.717) is 0 Å².